The van der Waals surface area contributed by atoms with Gasteiger partial charge in [-0.15, -0.1) is 0 Å². The maximum atomic E-state index is 11.9. The molecule has 138 valence electrons. The van der Waals surface area contributed by atoms with Crippen molar-refractivity contribution in [3.8, 4) is 0 Å². The second kappa shape index (κ2) is 9.53. The molecule has 1 atom stereocenters. The second-order valence-corrected chi connectivity index (χ2v) is 6.10. The Bertz CT molecular complexity index is 485. The first-order valence-corrected chi connectivity index (χ1v) is 7.12. The number of carbonyl (C=O) groups is 3. The van der Waals surface area contributed by atoms with E-state index in [0.29, 0.717) is 0 Å². The van der Waals surface area contributed by atoms with Crippen molar-refractivity contribution in [2.24, 2.45) is 10.7 Å². The molecule has 0 fully saturated rings. The summed E-state index contributed by atoms with van der Waals surface area (Å²) in [5, 5.41) is 26.3. The van der Waals surface area contributed by atoms with Crippen molar-refractivity contribution >= 4 is 17.8 Å². The highest BCUT2D eigenvalue weighted by molar-refractivity contribution is 5.87. The Morgan fingerprint density at radius 3 is 2.38 bits per heavy atom. The molecule has 0 spiro atoms. The summed E-state index contributed by atoms with van der Waals surface area (Å²) in [6, 6.07) is -1.14. The van der Waals surface area contributed by atoms with E-state index in [2.05, 4.69) is 15.4 Å². The van der Waals surface area contributed by atoms with Crippen molar-refractivity contribution in [1.82, 2.24) is 10.3 Å². The maximum absolute atomic E-state index is 11.9. The van der Waals surface area contributed by atoms with Gasteiger partial charge in [0.15, 0.2) is 0 Å². The van der Waals surface area contributed by atoms with Crippen LogP contribution in [0.1, 0.15) is 33.6 Å². The molecule has 2 N–H and O–H groups in total. The zero-order valence-corrected chi connectivity index (χ0v) is 14.4. The molecule has 11 heteroatoms. The number of carboxylic acids is 1. The number of hydrogen-bond acceptors (Lipinski definition) is 7. The van der Waals surface area contributed by atoms with Crippen molar-refractivity contribution in [1.29, 1.82) is 0 Å². The van der Waals surface area contributed by atoms with Gasteiger partial charge in [0.05, 0.1) is 19.1 Å². The molecule has 24 heavy (non-hydrogen) atoms. The predicted molar refractivity (Wildman–Crippen MR) is 80.0 cm³/mol. The quantitative estimate of drug-likeness (QED) is 0.151. The fraction of sp³-hybridized carbons (Fsp3) is 0.769. The molecule has 1 unspecified atom stereocenters. The van der Waals surface area contributed by atoms with Gasteiger partial charge in [0.2, 0.25) is 11.2 Å². The number of hydrogen-bond donors (Lipinski definition) is 2. The number of rotatable bonds is 9. The van der Waals surface area contributed by atoms with Crippen molar-refractivity contribution in [3.05, 3.63) is 5.21 Å². The third kappa shape index (κ3) is 8.76. The van der Waals surface area contributed by atoms with Gasteiger partial charge in [0, 0.05) is 11.8 Å². The number of esters is 1. The lowest BCUT2D eigenvalue weighted by molar-refractivity contribution is -0.700. The monoisotopic (exact) mass is 348 g/mol. The molecule has 0 aliphatic rings. The summed E-state index contributed by atoms with van der Waals surface area (Å²) >= 11 is 0. The number of nitrogens with zero attached hydrogens (tertiary/aromatic N) is 3. The van der Waals surface area contributed by atoms with Crippen LogP contribution in [0.3, 0.4) is 0 Å². The number of aliphatic carboxylic acids is 1. The Labute approximate surface area is 139 Å². The fourth-order valence-corrected chi connectivity index (χ4v) is 1.22. The summed E-state index contributed by atoms with van der Waals surface area (Å²) in [4.78, 5) is 39.2. The average Bonchev–Trinajstić information content (AvgIpc) is 2.45. The molecular weight excluding hydrogens is 324 g/mol. The molecule has 0 heterocycles. The number of carboxylic acid groups (broad SMARTS) is 1. The summed E-state index contributed by atoms with van der Waals surface area (Å²) in [6.45, 7) is 4.29. The van der Waals surface area contributed by atoms with E-state index in [4.69, 9.17) is 9.84 Å². The molecule has 0 aromatic rings. The Balaban J connectivity index is 4.65. The molecule has 0 aromatic heterocycles. The molecule has 0 bridgehead atoms. The lowest BCUT2D eigenvalue weighted by Gasteiger charge is -2.22. The van der Waals surface area contributed by atoms with Crippen molar-refractivity contribution in [2.75, 3.05) is 20.9 Å². The van der Waals surface area contributed by atoms with E-state index in [1.807, 2.05) is 0 Å². The first-order chi connectivity index (χ1) is 10.9. The van der Waals surface area contributed by atoms with Crippen LogP contribution in [0.4, 0.5) is 0 Å². The van der Waals surface area contributed by atoms with E-state index in [1.54, 1.807) is 20.8 Å². The SMILES string of the molecule is CN(C)/[N+]([O-])=N/OCOC(=O)C(CCC(=O)O)NC(=O)C(C)(C)C. The van der Waals surface area contributed by atoms with Gasteiger partial charge in [0.25, 0.3) is 6.79 Å². The second-order valence-electron chi connectivity index (χ2n) is 6.10. The lowest BCUT2D eigenvalue weighted by Crippen LogP contribution is -2.46. The Morgan fingerprint density at radius 2 is 1.92 bits per heavy atom. The van der Waals surface area contributed by atoms with Gasteiger partial charge >= 0.3 is 11.9 Å². The summed E-state index contributed by atoms with van der Waals surface area (Å²) < 4.78 is 4.73. The topological polar surface area (TPSA) is 144 Å². The zero-order valence-electron chi connectivity index (χ0n) is 14.4. The van der Waals surface area contributed by atoms with Gasteiger partial charge in [0.1, 0.15) is 6.04 Å². The van der Waals surface area contributed by atoms with E-state index < -0.39 is 36.1 Å². The smallest absolute Gasteiger partial charge is 0.331 e. The highest BCUT2D eigenvalue weighted by Crippen LogP contribution is 2.14. The van der Waals surface area contributed by atoms with Crippen LogP contribution in [-0.4, -0.2) is 59.9 Å². The van der Waals surface area contributed by atoms with E-state index >= 15 is 0 Å². The van der Waals surface area contributed by atoms with E-state index in [0.717, 1.165) is 5.01 Å². The highest BCUT2D eigenvalue weighted by Gasteiger charge is 2.29. The molecule has 0 rings (SSSR count). The van der Waals surface area contributed by atoms with Gasteiger partial charge in [-0.3, -0.25) is 9.59 Å². The number of nitrogens with one attached hydrogen (secondary N) is 1. The summed E-state index contributed by atoms with van der Waals surface area (Å²) in [5.41, 5.74) is -0.762. The Kier molecular flexibility index (Phi) is 8.50. The van der Waals surface area contributed by atoms with Crippen LogP contribution >= 0.6 is 0 Å². The zero-order chi connectivity index (χ0) is 18.9. The minimum absolute atomic E-state index is 0.122. The van der Waals surface area contributed by atoms with Crippen molar-refractivity contribution < 1.29 is 34.0 Å². The van der Waals surface area contributed by atoms with Gasteiger partial charge in [-0.1, -0.05) is 20.8 Å². The molecular formula is C13H24N4O7. The first kappa shape index (κ1) is 21.4. The molecule has 0 aromatic carbocycles. The van der Waals surface area contributed by atoms with Crippen LogP contribution in [-0.2, 0) is 24.0 Å². The standard InChI is InChI=1S/C13H24N4O7/c1-13(2,3)12(21)14-9(6-7-10(18)19)11(20)23-8-24-15-17(22)16(4)5/h9H,6-8H2,1-5H3,(H,14,21)(H,18,19)/b17-15-. The number of carbonyl (C=O) groups excluding carboxylic acids is 2. The largest absolute Gasteiger partial charge is 0.569 e. The van der Waals surface area contributed by atoms with Crippen molar-refractivity contribution in [2.45, 2.75) is 39.7 Å². The van der Waals surface area contributed by atoms with Crippen LogP contribution in [0.15, 0.2) is 5.28 Å². The van der Waals surface area contributed by atoms with E-state index in [1.165, 1.54) is 14.1 Å². The Hall–Kier alpha value is -2.59. The average molecular weight is 348 g/mol. The first-order valence-electron chi connectivity index (χ1n) is 7.12. The van der Waals surface area contributed by atoms with Crippen LogP contribution in [0, 0.1) is 10.6 Å². The molecule has 1 amide bonds. The molecule has 0 saturated heterocycles. The Morgan fingerprint density at radius 1 is 1.33 bits per heavy atom. The van der Waals surface area contributed by atoms with E-state index in [-0.39, 0.29) is 17.8 Å². The number of hydrazine groups is 1. The summed E-state index contributed by atoms with van der Waals surface area (Å²) in [6.07, 6.45) is -0.469. The predicted octanol–water partition coefficient (Wildman–Crippen LogP) is 0.254. The fourth-order valence-electron chi connectivity index (χ4n) is 1.22. The normalized spacial score (nSPS) is 13.0. The molecule has 0 radical (unpaired) electrons. The minimum atomic E-state index is -1.14. The third-order valence-corrected chi connectivity index (χ3v) is 2.64. The van der Waals surface area contributed by atoms with Crippen LogP contribution in [0.25, 0.3) is 0 Å². The molecule has 11 nitrogen and oxygen atoms in total. The van der Waals surface area contributed by atoms with Gasteiger partial charge < -0.3 is 25.2 Å². The number of ether oxygens (including phenoxy) is 1. The summed E-state index contributed by atoms with van der Waals surface area (Å²) in [5.74, 6) is -2.43. The molecule has 0 aliphatic heterocycles. The number of amides is 1. The van der Waals surface area contributed by atoms with Gasteiger partial charge in [-0.25, -0.2) is 4.79 Å². The van der Waals surface area contributed by atoms with Crippen LogP contribution < -0.4 is 5.32 Å². The van der Waals surface area contributed by atoms with Gasteiger partial charge in [-0.2, -0.15) is 5.01 Å². The van der Waals surface area contributed by atoms with E-state index in [9.17, 15) is 19.6 Å². The minimum Gasteiger partial charge on any atom is -0.569 e. The maximum Gasteiger partial charge on any atom is 0.331 e. The third-order valence-electron chi connectivity index (χ3n) is 2.64. The summed E-state index contributed by atoms with van der Waals surface area (Å²) in [7, 11) is 2.85. The van der Waals surface area contributed by atoms with Crippen molar-refractivity contribution in [3.63, 3.8) is 0 Å². The lowest BCUT2D eigenvalue weighted by atomic mass is 9.95. The highest BCUT2D eigenvalue weighted by atomic mass is 16.8. The van der Waals surface area contributed by atoms with Crippen LogP contribution in [0.2, 0.25) is 0 Å². The van der Waals surface area contributed by atoms with Crippen LogP contribution in [0.5, 0.6) is 0 Å². The molecule has 0 saturated carbocycles. The molecule has 0 aliphatic carbocycles. The van der Waals surface area contributed by atoms with Gasteiger partial charge in [-0.05, 0) is 6.42 Å².